The molecule has 3 N–H and O–H groups in total. The molecule has 92 heavy (non-hydrogen) atoms. The van der Waals surface area contributed by atoms with Crippen molar-refractivity contribution in [3.05, 3.63) is 0 Å². The molecule has 17 nitrogen and oxygen atoms in total. The molecule has 0 aliphatic rings. The second-order valence-electron chi connectivity index (χ2n) is 26.8. The first-order valence-electron chi connectivity index (χ1n) is 38.1. The number of ether oxygens (including phenoxy) is 4. The van der Waals surface area contributed by atoms with Gasteiger partial charge in [0.2, 0.25) is 0 Å². The van der Waals surface area contributed by atoms with Crippen molar-refractivity contribution in [2.24, 2.45) is 5.92 Å². The molecule has 2 unspecified atom stereocenters. The van der Waals surface area contributed by atoms with E-state index in [1.807, 2.05) is 0 Å². The fraction of sp³-hybridized carbons (Fsp3) is 0.945. The fourth-order valence-electron chi connectivity index (χ4n) is 11.2. The SMILES string of the molecule is CCCCCCCCCCCCCCCCCCCC(=O)OC[C@H](COP(=O)(O)OC[C@@H](O)COP(=O)(O)OC[C@@H](COC(=O)CCCCCCCCC)OC(=O)CCCCCCCCCCCC)OC(=O)CCCCCCCCCCCCCCCCCC(C)C. The van der Waals surface area contributed by atoms with Crippen LogP contribution in [0.4, 0.5) is 0 Å². The zero-order valence-electron chi connectivity index (χ0n) is 59.7. The largest absolute Gasteiger partial charge is 0.472 e. The van der Waals surface area contributed by atoms with Gasteiger partial charge < -0.3 is 33.8 Å². The molecule has 0 rings (SSSR count). The van der Waals surface area contributed by atoms with Gasteiger partial charge in [0.1, 0.15) is 19.3 Å². The summed E-state index contributed by atoms with van der Waals surface area (Å²) in [5, 5.41) is 10.6. The minimum Gasteiger partial charge on any atom is -0.462 e. The zero-order valence-corrected chi connectivity index (χ0v) is 61.5. The standard InChI is InChI=1S/C73H142O17P2/c1-6-9-12-15-18-20-22-23-24-25-28-31-34-38-42-47-52-57-71(76)84-63-69(90-73(78)59-54-49-44-39-35-32-29-26-27-30-33-36-41-45-50-55-66(4)5)65-88-92(81,82)86-61-67(74)60-85-91(79,80)87-64-68(62-83-70(75)56-51-46-40-17-14-11-8-3)89-72(77)58-53-48-43-37-21-19-16-13-10-7-2/h66-69,74H,6-65H2,1-5H3,(H,79,80)(H,81,82)/t67-,68+,69+/m0/s1. The van der Waals surface area contributed by atoms with Gasteiger partial charge in [0.25, 0.3) is 0 Å². The number of carbonyl (C=O) groups excluding carboxylic acids is 4. The third kappa shape index (κ3) is 66.7. The number of rotatable bonds is 73. The Morgan fingerprint density at radius 3 is 0.739 bits per heavy atom. The molecule has 0 aromatic heterocycles. The molecule has 0 saturated heterocycles. The molecule has 0 spiro atoms. The Morgan fingerprint density at radius 1 is 0.293 bits per heavy atom. The number of phosphoric ester groups is 2. The summed E-state index contributed by atoms with van der Waals surface area (Å²) >= 11 is 0. The van der Waals surface area contributed by atoms with Crippen molar-refractivity contribution in [3.63, 3.8) is 0 Å². The van der Waals surface area contributed by atoms with Crippen LogP contribution in [-0.2, 0) is 65.4 Å². The van der Waals surface area contributed by atoms with Crippen LogP contribution in [0.1, 0.15) is 381 Å². The van der Waals surface area contributed by atoms with Crippen LogP contribution in [0.15, 0.2) is 0 Å². The number of aliphatic hydroxyl groups excluding tert-OH is 1. The number of unbranched alkanes of at least 4 members (excludes halogenated alkanes) is 45. The first-order valence-corrected chi connectivity index (χ1v) is 41.1. The highest BCUT2D eigenvalue weighted by Gasteiger charge is 2.30. The Bertz CT molecular complexity index is 1770. The van der Waals surface area contributed by atoms with E-state index in [-0.39, 0.29) is 25.7 Å². The predicted octanol–water partition coefficient (Wildman–Crippen LogP) is 21.3. The molecule has 0 heterocycles. The molecule has 0 saturated carbocycles. The molecule has 0 aliphatic carbocycles. The van der Waals surface area contributed by atoms with Crippen LogP contribution in [0, 0.1) is 5.92 Å². The Morgan fingerprint density at radius 2 is 0.500 bits per heavy atom. The normalized spacial score (nSPS) is 14.0. The molecular formula is C73H142O17P2. The summed E-state index contributed by atoms with van der Waals surface area (Å²) in [5.74, 6) is -1.32. The Balaban J connectivity index is 5.17. The van der Waals surface area contributed by atoms with E-state index in [0.29, 0.717) is 25.7 Å². The van der Waals surface area contributed by atoms with Gasteiger partial charge in [-0.2, -0.15) is 0 Å². The number of aliphatic hydroxyl groups is 1. The quantitative estimate of drug-likeness (QED) is 0.0222. The Kier molecular flexibility index (Phi) is 64.9. The first-order chi connectivity index (χ1) is 44.5. The number of hydrogen-bond acceptors (Lipinski definition) is 15. The second-order valence-corrected chi connectivity index (χ2v) is 29.7. The monoisotopic (exact) mass is 1350 g/mol. The van der Waals surface area contributed by atoms with Gasteiger partial charge in [0.05, 0.1) is 26.4 Å². The van der Waals surface area contributed by atoms with E-state index in [4.69, 9.17) is 37.0 Å². The van der Waals surface area contributed by atoms with Gasteiger partial charge in [-0.15, -0.1) is 0 Å². The predicted molar refractivity (Wildman–Crippen MR) is 372 cm³/mol. The van der Waals surface area contributed by atoms with Crippen LogP contribution >= 0.6 is 15.6 Å². The van der Waals surface area contributed by atoms with Crippen molar-refractivity contribution in [1.82, 2.24) is 0 Å². The lowest BCUT2D eigenvalue weighted by molar-refractivity contribution is -0.161. The van der Waals surface area contributed by atoms with E-state index in [9.17, 15) is 43.2 Å². The van der Waals surface area contributed by atoms with E-state index in [0.717, 1.165) is 109 Å². The van der Waals surface area contributed by atoms with Crippen LogP contribution in [-0.4, -0.2) is 96.7 Å². The molecule has 0 aromatic rings. The van der Waals surface area contributed by atoms with Crippen molar-refractivity contribution < 1.29 is 80.2 Å². The molecule has 0 bridgehead atoms. The van der Waals surface area contributed by atoms with Crippen LogP contribution < -0.4 is 0 Å². The van der Waals surface area contributed by atoms with Crippen LogP contribution in [0.2, 0.25) is 0 Å². The van der Waals surface area contributed by atoms with Crippen molar-refractivity contribution in [1.29, 1.82) is 0 Å². The van der Waals surface area contributed by atoms with Crippen molar-refractivity contribution in [3.8, 4) is 0 Å². The van der Waals surface area contributed by atoms with Crippen molar-refractivity contribution in [2.45, 2.75) is 400 Å². The van der Waals surface area contributed by atoms with Gasteiger partial charge in [0, 0.05) is 25.7 Å². The summed E-state index contributed by atoms with van der Waals surface area (Å²) in [5.41, 5.74) is 0. The molecule has 0 aliphatic heterocycles. The van der Waals surface area contributed by atoms with Gasteiger partial charge in [-0.25, -0.2) is 9.13 Å². The van der Waals surface area contributed by atoms with Gasteiger partial charge in [-0.05, 0) is 31.6 Å². The Labute approximate surface area is 562 Å². The second kappa shape index (κ2) is 66.3. The summed E-state index contributed by atoms with van der Waals surface area (Å²) in [4.78, 5) is 72.5. The molecule has 19 heteroatoms. The Hall–Kier alpha value is -1.94. The van der Waals surface area contributed by atoms with E-state index >= 15 is 0 Å². The lowest BCUT2D eigenvalue weighted by Crippen LogP contribution is -2.30. The van der Waals surface area contributed by atoms with E-state index < -0.39 is 97.5 Å². The maximum Gasteiger partial charge on any atom is 0.472 e. The first kappa shape index (κ1) is 90.1. The molecule has 0 fully saturated rings. The third-order valence-corrected chi connectivity index (χ3v) is 18.9. The zero-order chi connectivity index (χ0) is 67.7. The highest BCUT2D eigenvalue weighted by Crippen LogP contribution is 2.45. The molecule has 5 atom stereocenters. The van der Waals surface area contributed by atoms with E-state index in [1.54, 1.807) is 0 Å². The lowest BCUT2D eigenvalue weighted by atomic mass is 10.0. The summed E-state index contributed by atoms with van der Waals surface area (Å²) in [7, 11) is -9.90. The number of phosphoric acid groups is 2. The average molecular weight is 1350 g/mol. The third-order valence-electron chi connectivity index (χ3n) is 17.0. The van der Waals surface area contributed by atoms with Gasteiger partial charge >= 0.3 is 39.5 Å². The molecule has 0 radical (unpaired) electrons. The average Bonchev–Trinajstić information content (AvgIpc) is 1.53. The minimum atomic E-state index is -4.95. The number of carbonyl (C=O) groups is 4. The van der Waals surface area contributed by atoms with Crippen LogP contribution in [0.25, 0.3) is 0 Å². The molecular weight excluding hydrogens is 1210 g/mol. The van der Waals surface area contributed by atoms with Crippen LogP contribution in [0.3, 0.4) is 0 Å². The van der Waals surface area contributed by atoms with Crippen molar-refractivity contribution >= 4 is 39.5 Å². The number of hydrogen-bond donors (Lipinski definition) is 3. The van der Waals surface area contributed by atoms with Gasteiger partial charge in [-0.3, -0.25) is 37.3 Å². The summed E-state index contributed by atoms with van der Waals surface area (Å²) in [6.45, 7) is 7.25. The number of esters is 4. The highest BCUT2D eigenvalue weighted by molar-refractivity contribution is 7.47. The maximum atomic E-state index is 13.1. The van der Waals surface area contributed by atoms with Crippen LogP contribution in [0.5, 0.6) is 0 Å². The summed E-state index contributed by atoms with van der Waals surface area (Å²) in [6, 6.07) is 0. The fourth-order valence-corrected chi connectivity index (χ4v) is 12.8. The molecule has 0 aromatic carbocycles. The maximum absolute atomic E-state index is 13.1. The highest BCUT2D eigenvalue weighted by atomic mass is 31.2. The van der Waals surface area contributed by atoms with E-state index in [2.05, 4.69) is 34.6 Å². The molecule has 0 amide bonds. The van der Waals surface area contributed by atoms with Gasteiger partial charge in [-0.1, -0.05) is 330 Å². The summed E-state index contributed by atoms with van der Waals surface area (Å²) < 4.78 is 68.3. The van der Waals surface area contributed by atoms with E-state index in [1.165, 1.54) is 193 Å². The van der Waals surface area contributed by atoms with Crippen molar-refractivity contribution in [2.75, 3.05) is 39.6 Å². The van der Waals surface area contributed by atoms with Gasteiger partial charge in [0.15, 0.2) is 12.2 Å². The lowest BCUT2D eigenvalue weighted by Gasteiger charge is -2.21. The smallest absolute Gasteiger partial charge is 0.462 e. The summed E-state index contributed by atoms with van der Waals surface area (Å²) in [6.07, 6.45) is 54.2. The minimum absolute atomic E-state index is 0.106. The topological polar surface area (TPSA) is 237 Å². The molecule has 546 valence electrons.